The fourth-order valence-electron chi connectivity index (χ4n) is 3.43. The summed E-state index contributed by atoms with van der Waals surface area (Å²) in [6.07, 6.45) is 2.19. The molecule has 1 fully saturated rings. The minimum Gasteiger partial charge on any atom is -0.341 e. The zero-order chi connectivity index (χ0) is 20.1. The molecule has 150 valence electrons. The predicted octanol–water partition coefficient (Wildman–Crippen LogP) is 2.90. The Morgan fingerprint density at radius 1 is 1.07 bits per heavy atom. The van der Waals surface area contributed by atoms with E-state index in [0.29, 0.717) is 17.2 Å². The second-order valence-corrected chi connectivity index (χ2v) is 9.11. The van der Waals surface area contributed by atoms with E-state index in [1.807, 2.05) is 13.1 Å². The summed E-state index contributed by atoms with van der Waals surface area (Å²) < 4.78 is 27.5. The van der Waals surface area contributed by atoms with Crippen LogP contribution in [-0.4, -0.2) is 57.9 Å². The molecule has 28 heavy (non-hydrogen) atoms. The van der Waals surface area contributed by atoms with Crippen LogP contribution in [0.15, 0.2) is 59.5 Å². The summed E-state index contributed by atoms with van der Waals surface area (Å²) >= 11 is 0. The van der Waals surface area contributed by atoms with Gasteiger partial charge in [0.05, 0.1) is 4.90 Å². The van der Waals surface area contributed by atoms with Gasteiger partial charge in [0.15, 0.2) is 0 Å². The van der Waals surface area contributed by atoms with Gasteiger partial charge in [0.1, 0.15) is 0 Å². The highest BCUT2D eigenvalue weighted by Gasteiger charge is 2.21. The second-order valence-electron chi connectivity index (χ2n) is 7.43. The number of nitrogens with zero attached hydrogens (tertiary/aromatic N) is 2. The molecule has 2 aromatic rings. The van der Waals surface area contributed by atoms with Crippen molar-refractivity contribution < 1.29 is 13.2 Å². The zero-order valence-corrected chi connectivity index (χ0v) is 17.2. The van der Waals surface area contributed by atoms with E-state index in [0.717, 1.165) is 32.5 Å². The first-order valence-electron chi connectivity index (χ1n) is 9.47. The van der Waals surface area contributed by atoms with Crippen LogP contribution in [0.2, 0.25) is 0 Å². The van der Waals surface area contributed by atoms with Crippen LogP contribution in [0.25, 0.3) is 0 Å². The molecule has 0 aliphatic carbocycles. The number of hydrogen-bond acceptors (Lipinski definition) is 4. The average Bonchev–Trinajstić information content (AvgIpc) is 2.69. The quantitative estimate of drug-likeness (QED) is 0.808. The van der Waals surface area contributed by atoms with E-state index in [2.05, 4.69) is 16.7 Å². The first-order chi connectivity index (χ1) is 13.3. The minimum absolute atomic E-state index is 0.0844. The largest absolute Gasteiger partial charge is 0.341 e. The molecule has 3 rings (SSSR count). The highest BCUT2D eigenvalue weighted by atomic mass is 32.2. The van der Waals surface area contributed by atoms with Crippen LogP contribution < -0.4 is 4.72 Å². The van der Waals surface area contributed by atoms with Gasteiger partial charge in [-0.15, -0.1) is 0 Å². The molecule has 1 saturated heterocycles. The maximum Gasteiger partial charge on any atom is 0.261 e. The van der Waals surface area contributed by atoms with Crippen molar-refractivity contribution in [1.82, 2.24) is 9.80 Å². The summed E-state index contributed by atoms with van der Waals surface area (Å²) in [7, 11) is 0.243. The molecule has 1 aliphatic heterocycles. The van der Waals surface area contributed by atoms with E-state index >= 15 is 0 Å². The molecule has 7 heteroatoms. The Morgan fingerprint density at radius 3 is 2.29 bits per heavy atom. The number of anilines is 1. The number of para-hydroxylation sites is 1. The van der Waals surface area contributed by atoms with Crippen LogP contribution in [0, 0.1) is 5.92 Å². The van der Waals surface area contributed by atoms with Crippen LogP contribution in [-0.2, 0) is 10.0 Å². The van der Waals surface area contributed by atoms with Crippen molar-refractivity contribution in [2.45, 2.75) is 17.7 Å². The van der Waals surface area contributed by atoms with Gasteiger partial charge in [-0.1, -0.05) is 18.2 Å². The van der Waals surface area contributed by atoms with Crippen LogP contribution in [0.5, 0.6) is 0 Å². The molecule has 0 radical (unpaired) electrons. The minimum atomic E-state index is -3.68. The Hall–Kier alpha value is -2.38. The van der Waals surface area contributed by atoms with E-state index in [4.69, 9.17) is 0 Å². The van der Waals surface area contributed by atoms with Crippen LogP contribution >= 0.6 is 0 Å². The third-order valence-corrected chi connectivity index (χ3v) is 6.55. The zero-order valence-electron chi connectivity index (χ0n) is 16.3. The summed E-state index contributed by atoms with van der Waals surface area (Å²) in [5, 5.41) is 0. The molecular weight excluding hydrogens is 374 g/mol. The first kappa shape index (κ1) is 20.4. The Kier molecular flexibility index (Phi) is 6.36. The van der Waals surface area contributed by atoms with Gasteiger partial charge in [-0.2, -0.15) is 0 Å². The van der Waals surface area contributed by atoms with Crippen LogP contribution in [0.3, 0.4) is 0 Å². The third kappa shape index (κ3) is 5.11. The number of piperidine rings is 1. The molecular formula is C21H27N3O3S. The van der Waals surface area contributed by atoms with Gasteiger partial charge in [0.2, 0.25) is 0 Å². The van der Waals surface area contributed by atoms with E-state index in [1.54, 1.807) is 41.3 Å². The monoisotopic (exact) mass is 401 g/mol. The molecule has 1 heterocycles. The van der Waals surface area contributed by atoms with Crippen molar-refractivity contribution in [1.29, 1.82) is 0 Å². The number of sulfonamides is 1. The number of amides is 1. The predicted molar refractivity (Wildman–Crippen MR) is 111 cm³/mol. The van der Waals surface area contributed by atoms with E-state index in [1.165, 1.54) is 12.1 Å². The number of benzene rings is 2. The number of carbonyl (C=O) groups excluding carboxylic acids is 1. The summed E-state index contributed by atoms with van der Waals surface area (Å²) in [6, 6.07) is 14.8. The molecule has 0 aromatic heterocycles. The van der Waals surface area contributed by atoms with Crippen molar-refractivity contribution in [3.8, 4) is 0 Å². The van der Waals surface area contributed by atoms with Gasteiger partial charge in [-0.25, -0.2) is 8.42 Å². The number of rotatable bonds is 6. The topological polar surface area (TPSA) is 69.7 Å². The lowest BCUT2D eigenvalue weighted by Crippen LogP contribution is -2.37. The van der Waals surface area contributed by atoms with E-state index in [-0.39, 0.29) is 10.8 Å². The lowest BCUT2D eigenvalue weighted by atomic mass is 9.96. The second kappa shape index (κ2) is 8.75. The molecule has 0 unspecified atom stereocenters. The molecule has 0 saturated carbocycles. The number of carbonyl (C=O) groups is 1. The molecule has 1 N–H and O–H groups in total. The number of likely N-dealkylation sites (tertiary alicyclic amines) is 1. The maximum atomic E-state index is 12.7. The third-order valence-electron chi connectivity index (χ3n) is 5.15. The fraction of sp³-hybridized carbons (Fsp3) is 0.381. The van der Waals surface area contributed by atoms with Crippen molar-refractivity contribution in [2.24, 2.45) is 5.92 Å². The first-order valence-corrected chi connectivity index (χ1v) is 11.0. The lowest BCUT2D eigenvalue weighted by Gasteiger charge is -2.31. The molecule has 0 spiro atoms. The van der Waals surface area contributed by atoms with Gasteiger partial charge >= 0.3 is 0 Å². The highest BCUT2D eigenvalue weighted by Crippen LogP contribution is 2.19. The Morgan fingerprint density at radius 2 is 1.68 bits per heavy atom. The summed E-state index contributed by atoms with van der Waals surface area (Å²) in [5.74, 6) is 0.429. The van der Waals surface area contributed by atoms with Crippen LogP contribution in [0.1, 0.15) is 23.2 Å². The van der Waals surface area contributed by atoms with Gasteiger partial charge in [0, 0.05) is 24.8 Å². The van der Waals surface area contributed by atoms with Crippen molar-refractivity contribution in [3.05, 3.63) is 60.2 Å². The van der Waals surface area contributed by atoms with Crippen molar-refractivity contribution in [2.75, 3.05) is 38.5 Å². The molecule has 1 aliphatic rings. The van der Waals surface area contributed by atoms with Gasteiger partial charge in [-0.3, -0.25) is 9.52 Å². The van der Waals surface area contributed by atoms with Gasteiger partial charge in [-0.05, 0) is 75.3 Å². The molecule has 0 bridgehead atoms. The van der Waals surface area contributed by atoms with Crippen molar-refractivity contribution in [3.63, 3.8) is 0 Å². The van der Waals surface area contributed by atoms with Crippen LogP contribution in [0.4, 0.5) is 5.69 Å². The highest BCUT2D eigenvalue weighted by molar-refractivity contribution is 7.92. The molecule has 2 aromatic carbocycles. The normalized spacial score (nSPS) is 15.9. The van der Waals surface area contributed by atoms with E-state index < -0.39 is 10.0 Å². The fourth-order valence-corrected chi connectivity index (χ4v) is 4.49. The maximum absolute atomic E-state index is 12.7. The van der Waals surface area contributed by atoms with Crippen molar-refractivity contribution >= 4 is 21.6 Å². The lowest BCUT2D eigenvalue weighted by molar-refractivity contribution is 0.0747. The smallest absolute Gasteiger partial charge is 0.261 e. The number of hydrogen-bond donors (Lipinski definition) is 1. The Labute approximate surface area is 167 Å². The molecule has 6 nitrogen and oxygen atoms in total. The number of nitrogens with one attached hydrogen (secondary N) is 1. The molecule has 1 amide bonds. The summed E-state index contributed by atoms with van der Waals surface area (Å²) in [5.41, 5.74) is 0.995. The average molecular weight is 402 g/mol. The molecule has 0 atom stereocenters. The van der Waals surface area contributed by atoms with E-state index in [9.17, 15) is 13.2 Å². The summed E-state index contributed by atoms with van der Waals surface area (Å²) in [4.78, 5) is 16.9. The Bertz CT molecular complexity index is 890. The Balaban J connectivity index is 1.63. The van der Waals surface area contributed by atoms with Gasteiger partial charge < -0.3 is 9.80 Å². The summed E-state index contributed by atoms with van der Waals surface area (Å²) in [6.45, 7) is 2.85. The SMILES string of the molecule is CN1CCC(CN(C)C(=O)c2ccc(S(=O)(=O)Nc3ccccc3)cc2)CC1. The standard InChI is InChI=1S/C21H27N3O3S/c1-23-14-12-17(13-15-23)16-24(2)21(25)18-8-10-20(11-9-18)28(26,27)22-19-6-4-3-5-7-19/h3-11,17,22H,12-16H2,1-2H3. The van der Waals surface area contributed by atoms with Gasteiger partial charge in [0.25, 0.3) is 15.9 Å².